The van der Waals surface area contributed by atoms with E-state index in [2.05, 4.69) is 6.58 Å². The van der Waals surface area contributed by atoms with E-state index in [1.807, 2.05) is 24.3 Å². The van der Waals surface area contributed by atoms with Crippen molar-refractivity contribution in [3.8, 4) is 0 Å². The molecule has 1 aromatic rings. The second-order valence-electron chi connectivity index (χ2n) is 6.01. The average molecular weight is 368 g/mol. The number of rotatable bonds is 12. The van der Waals surface area contributed by atoms with Crippen LogP contribution in [0, 0.1) is 0 Å². The highest BCUT2D eigenvalue weighted by atomic mass is 32.2. The largest absolute Gasteiger partial charge is 0.466 e. The summed E-state index contributed by atoms with van der Waals surface area (Å²) in [6.45, 7) is 6.78. The van der Waals surface area contributed by atoms with Crippen LogP contribution in [-0.2, 0) is 26.1 Å². The van der Waals surface area contributed by atoms with E-state index >= 15 is 0 Å². The molecular weight excluding hydrogens is 338 g/mol. The van der Waals surface area contributed by atoms with Gasteiger partial charge in [0.05, 0.1) is 12.9 Å². The van der Waals surface area contributed by atoms with Gasteiger partial charge in [0, 0.05) is 19.5 Å². The lowest BCUT2D eigenvalue weighted by molar-refractivity contribution is -0.143. The van der Waals surface area contributed by atoms with E-state index in [4.69, 9.17) is 4.74 Å². The second-order valence-corrected chi connectivity index (χ2v) is 7.99. The van der Waals surface area contributed by atoms with Crippen molar-refractivity contribution in [3.05, 3.63) is 42.0 Å². The van der Waals surface area contributed by atoms with Crippen LogP contribution >= 0.6 is 0 Å². The molecule has 0 aliphatic heterocycles. The molecular formula is C19H29NO4S. The van der Waals surface area contributed by atoms with Crippen molar-refractivity contribution >= 4 is 22.1 Å². The molecule has 0 aliphatic rings. The van der Waals surface area contributed by atoms with Crippen LogP contribution in [-0.4, -0.2) is 38.1 Å². The summed E-state index contributed by atoms with van der Waals surface area (Å²) < 4.78 is 30.4. The molecule has 0 N–H and O–H groups in total. The van der Waals surface area contributed by atoms with Crippen LogP contribution in [0.15, 0.2) is 30.8 Å². The zero-order valence-corrected chi connectivity index (χ0v) is 16.1. The summed E-state index contributed by atoms with van der Waals surface area (Å²) in [6, 6.07) is 7.71. The Kier molecular flexibility index (Phi) is 9.45. The molecule has 0 bridgehead atoms. The Morgan fingerprint density at radius 1 is 1.16 bits per heavy atom. The van der Waals surface area contributed by atoms with Crippen LogP contribution in [0.3, 0.4) is 0 Å². The van der Waals surface area contributed by atoms with Crippen molar-refractivity contribution < 1.29 is 17.9 Å². The van der Waals surface area contributed by atoms with Crippen molar-refractivity contribution in [2.45, 2.75) is 45.6 Å². The van der Waals surface area contributed by atoms with Gasteiger partial charge in [0.25, 0.3) is 0 Å². The van der Waals surface area contributed by atoms with E-state index in [-0.39, 0.29) is 5.97 Å². The molecule has 25 heavy (non-hydrogen) atoms. The average Bonchev–Trinajstić information content (AvgIpc) is 2.56. The van der Waals surface area contributed by atoms with Crippen LogP contribution in [0.5, 0.6) is 0 Å². The molecule has 5 nitrogen and oxygen atoms in total. The van der Waals surface area contributed by atoms with Gasteiger partial charge in [-0.2, -0.15) is 4.31 Å². The Balaban J connectivity index is 2.41. The Morgan fingerprint density at radius 3 is 2.36 bits per heavy atom. The van der Waals surface area contributed by atoms with Crippen molar-refractivity contribution in [1.29, 1.82) is 0 Å². The fraction of sp³-hybridized carbons (Fsp3) is 0.526. The lowest BCUT2D eigenvalue weighted by Crippen LogP contribution is -2.30. The number of hydrogen-bond acceptors (Lipinski definition) is 4. The van der Waals surface area contributed by atoms with Crippen LogP contribution in [0.25, 0.3) is 6.08 Å². The highest BCUT2D eigenvalue weighted by molar-refractivity contribution is 7.88. The number of carbonyl (C=O) groups excluding carboxylic acids is 1. The molecule has 0 amide bonds. The Bertz CT molecular complexity index is 638. The molecule has 0 aromatic heterocycles. The predicted octanol–water partition coefficient (Wildman–Crippen LogP) is 3.60. The van der Waals surface area contributed by atoms with E-state index in [9.17, 15) is 13.2 Å². The quantitative estimate of drug-likeness (QED) is 0.418. The standard InChI is InChI=1S/C19H29NO4S/c1-4-17-11-13-18(14-12-17)16-20(25(3,22)23)15-9-7-6-8-10-19(21)24-5-2/h4,11-14H,1,5-10,15-16H2,2-3H3. The van der Waals surface area contributed by atoms with Gasteiger partial charge in [-0.15, -0.1) is 0 Å². The van der Waals surface area contributed by atoms with Crippen molar-refractivity contribution in [2.75, 3.05) is 19.4 Å². The highest BCUT2D eigenvalue weighted by Crippen LogP contribution is 2.13. The third-order valence-electron chi connectivity index (χ3n) is 3.89. The van der Waals surface area contributed by atoms with E-state index in [1.165, 1.54) is 10.6 Å². The molecule has 0 atom stereocenters. The lowest BCUT2D eigenvalue weighted by atomic mass is 10.1. The van der Waals surface area contributed by atoms with Gasteiger partial charge < -0.3 is 4.74 Å². The SMILES string of the molecule is C=Cc1ccc(CN(CCCCCCC(=O)OCC)S(C)(=O)=O)cc1. The first kappa shape index (κ1) is 21.4. The molecule has 0 fully saturated rings. The summed E-state index contributed by atoms with van der Waals surface area (Å²) in [5, 5.41) is 0. The monoisotopic (exact) mass is 367 g/mol. The van der Waals surface area contributed by atoms with Gasteiger partial charge in [-0.05, 0) is 30.9 Å². The minimum absolute atomic E-state index is 0.164. The number of sulfonamides is 1. The van der Waals surface area contributed by atoms with Crippen LogP contribution < -0.4 is 0 Å². The molecule has 0 saturated heterocycles. The highest BCUT2D eigenvalue weighted by Gasteiger charge is 2.16. The molecule has 0 radical (unpaired) electrons. The van der Waals surface area contributed by atoms with E-state index in [1.54, 1.807) is 13.0 Å². The van der Waals surface area contributed by atoms with E-state index in [0.29, 0.717) is 26.1 Å². The topological polar surface area (TPSA) is 63.7 Å². The first-order chi connectivity index (χ1) is 11.9. The summed E-state index contributed by atoms with van der Waals surface area (Å²) in [6.07, 6.45) is 6.77. The molecule has 1 rings (SSSR count). The Labute approximate surface area is 151 Å². The molecule has 6 heteroatoms. The van der Waals surface area contributed by atoms with Crippen molar-refractivity contribution in [1.82, 2.24) is 4.31 Å². The van der Waals surface area contributed by atoms with E-state index in [0.717, 1.165) is 36.8 Å². The number of hydrogen-bond donors (Lipinski definition) is 0. The molecule has 0 spiro atoms. The molecule has 0 heterocycles. The van der Waals surface area contributed by atoms with Gasteiger partial charge in [0.2, 0.25) is 10.0 Å². The molecule has 1 aromatic carbocycles. The maximum atomic E-state index is 12.0. The fourth-order valence-electron chi connectivity index (χ4n) is 2.47. The Hall–Kier alpha value is -1.66. The van der Waals surface area contributed by atoms with Crippen LogP contribution in [0.2, 0.25) is 0 Å². The predicted molar refractivity (Wildman–Crippen MR) is 102 cm³/mol. The summed E-state index contributed by atoms with van der Waals surface area (Å²) in [5.41, 5.74) is 1.97. The van der Waals surface area contributed by atoms with Gasteiger partial charge in [-0.3, -0.25) is 4.79 Å². The summed E-state index contributed by atoms with van der Waals surface area (Å²) in [5.74, 6) is -0.164. The van der Waals surface area contributed by atoms with Gasteiger partial charge in [0.1, 0.15) is 0 Å². The zero-order chi connectivity index (χ0) is 18.7. The molecule has 0 unspecified atom stereocenters. The van der Waals surface area contributed by atoms with Gasteiger partial charge in [0.15, 0.2) is 0 Å². The molecule has 140 valence electrons. The number of nitrogens with zero attached hydrogens (tertiary/aromatic N) is 1. The summed E-state index contributed by atoms with van der Waals surface area (Å²) >= 11 is 0. The minimum atomic E-state index is -3.25. The number of unbranched alkanes of at least 4 members (excludes halogenated alkanes) is 3. The smallest absolute Gasteiger partial charge is 0.305 e. The minimum Gasteiger partial charge on any atom is -0.466 e. The summed E-state index contributed by atoms with van der Waals surface area (Å²) in [4.78, 5) is 11.2. The van der Waals surface area contributed by atoms with Crippen LogP contribution in [0.1, 0.15) is 50.2 Å². The second kappa shape index (κ2) is 11.1. The summed E-state index contributed by atoms with van der Waals surface area (Å²) in [7, 11) is -3.25. The van der Waals surface area contributed by atoms with Crippen molar-refractivity contribution in [2.24, 2.45) is 0 Å². The first-order valence-electron chi connectivity index (χ1n) is 8.69. The zero-order valence-electron chi connectivity index (χ0n) is 15.2. The molecule has 0 saturated carbocycles. The third kappa shape index (κ3) is 8.84. The molecule has 0 aliphatic carbocycles. The van der Waals surface area contributed by atoms with E-state index < -0.39 is 10.0 Å². The lowest BCUT2D eigenvalue weighted by Gasteiger charge is -2.20. The van der Waals surface area contributed by atoms with Gasteiger partial charge in [-0.25, -0.2) is 8.42 Å². The van der Waals surface area contributed by atoms with Gasteiger partial charge >= 0.3 is 5.97 Å². The maximum absolute atomic E-state index is 12.0. The third-order valence-corrected chi connectivity index (χ3v) is 5.14. The first-order valence-corrected chi connectivity index (χ1v) is 10.5. The van der Waals surface area contributed by atoms with Crippen molar-refractivity contribution in [3.63, 3.8) is 0 Å². The number of benzene rings is 1. The number of carbonyl (C=O) groups is 1. The van der Waals surface area contributed by atoms with Crippen LogP contribution in [0.4, 0.5) is 0 Å². The maximum Gasteiger partial charge on any atom is 0.305 e. The number of esters is 1. The fourth-order valence-corrected chi connectivity index (χ4v) is 3.31. The normalized spacial score (nSPS) is 11.5. The number of ether oxygens (including phenoxy) is 1. The van der Waals surface area contributed by atoms with Gasteiger partial charge in [-0.1, -0.05) is 49.8 Å². The Morgan fingerprint density at radius 2 is 1.80 bits per heavy atom.